The number of esters is 1. The van der Waals surface area contributed by atoms with E-state index in [1.54, 1.807) is 24.3 Å². The van der Waals surface area contributed by atoms with Gasteiger partial charge >= 0.3 is 5.97 Å². The van der Waals surface area contributed by atoms with Gasteiger partial charge in [-0.3, -0.25) is 9.59 Å². The Labute approximate surface area is 140 Å². The highest BCUT2D eigenvalue weighted by Crippen LogP contribution is 2.38. The number of carbonyl (C=O) groups is 2. The van der Waals surface area contributed by atoms with Gasteiger partial charge in [0, 0.05) is 5.69 Å². The number of hydrogen-bond acceptors (Lipinski definition) is 4. The van der Waals surface area contributed by atoms with Crippen LogP contribution >= 0.6 is 0 Å². The monoisotopic (exact) mass is 325 g/mol. The van der Waals surface area contributed by atoms with Crippen LogP contribution < -0.4 is 10.1 Å². The van der Waals surface area contributed by atoms with Crippen LogP contribution in [0.2, 0.25) is 0 Å². The smallest absolute Gasteiger partial charge is 0.309 e. The largest absolute Gasteiger partial charge is 0.457 e. The number of amides is 1. The van der Waals surface area contributed by atoms with Gasteiger partial charge in [0.15, 0.2) is 6.61 Å². The second-order valence-corrected chi connectivity index (χ2v) is 5.91. The first-order valence-electron chi connectivity index (χ1n) is 7.91. The summed E-state index contributed by atoms with van der Waals surface area (Å²) < 4.78 is 10.7. The summed E-state index contributed by atoms with van der Waals surface area (Å²) in [5, 5.41) is 2.69. The number of anilines is 1. The minimum atomic E-state index is -0.353. The van der Waals surface area contributed by atoms with Gasteiger partial charge in [0.25, 0.3) is 5.91 Å². The van der Waals surface area contributed by atoms with Gasteiger partial charge in [-0.2, -0.15) is 0 Å². The highest BCUT2D eigenvalue weighted by Gasteiger charge is 2.40. The van der Waals surface area contributed by atoms with Crippen molar-refractivity contribution >= 4 is 17.6 Å². The molecule has 1 amide bonds. The normalized spacial score (nSPS) is 18.5. The van der Waals surface area contributed by atoms with E-state index in [-0.39, 0.29) is 24.4 Å². The Kier molecular flexibility index (Phi) is 4.79. The maximum atomic E-state index is 11.8. The summed E-state index contributed by atoms with van der Waals surface area (Å²) in [7, 11) is 0. The van der Waals surface area contributed by atoms with Crippen molar-refractivity contribution < 1.29 is 19.1 Å². The Bertz CT molecular complexity index is 712. The first kappa shape index (κ1) is 16.1. The number of carbonyl (C=O) groups excluding carboxylic acids is 2. The standard InChI is InChI=1S/C19H19NO4/c1-13-11-17(13)19(22)23-12-18(21)20-14-7-9-16(10-8-14)24-15-5-3-2-4-6-15/h2-10,13,17H,11-12H2,1H3,(H,20,21)/t13-,17-/m1/s1. The molecule has 0 heterocycles. The lowest BCUT2D eigenvalue weighted by atomic mass is 10.3. The van der Waals surface area contributed by atoms with Crippen LogP contribution in [-0.4, -0.2) is 18.5 Å². The Hall–Kier alpha value is -2.82. The van der Waals surface area contributed by atoms with Crippen LogP contribution in [-0.2, 0) is 14.3 Å². The third-order valence-electron chi connectivity index (χ3n) is 3.87. The van der Waals surface area contributed by atoms with E-state index in [0.717, 1.165) is 12.2 Å². The summed E-state index contributed by atoms with van der Waals surface area (Å²) in [6.45, 7) is 1.73. The predicted octanol–water partition coefficient (Wildman–Crippen LogP) is 3.62. The Morgan fingerprint density at radius 1 is 1.04 bits per heavy atom. The van der Waals surface area contributed by atoms with Gasteiger partial charge in [-0.05, 0) is 48.7 Å². The van der Waals surface area contributed by atoms with Crippen molar-refractivity contribution in [3.05, 3.63) is 54.6 Å². The fourth-order valence-corrected chi connectivity index (χ4v) is 2.32. The van der Waals surface area contributed by atoms with Crippen molar-refractivity contribution in [3.8, 4) is 11.5 Å². The molecule has 2 aromatic carbocycles. The van der Waals surface area contributed by atoms with Crippen molar-refractivity contribution in [2.75, 3.05) is 11.9 Å². The van der Waals surface area contributed by atoms with Crippen LogP contribution in [0, 0.1) is 11.8 Å². The average Bonchev–Trinajstić information content (AvgIpc) is 3.32. The molecule has 124 valence electrons. The minimum absolute atomic E-state index is 0.0350. The Balaban J connectivity index is 1.47. The fraction of sp³-hybridized carbons (Fsp3) is 0.263. The molecule has 24 heavy (non-hydrogen) atoms. The summed E-state index contributed by atoms with van der Waals surface area (Å²) in [6.07, 6.45) is 0.851. The topological polar surface area (TPSA) is 64.6 Å². The maximum Gasteiger partial charge on any atom is 0.309 e. The molecule has 0 radical (unpaired) electrons. The number of benzene rings is 2. The van der Waals surface area contributed by atoms with E-state index in [0.29, 0.717) is 17.4 Å². The van der Waals surface area contributed by atoms with Crippen molar-refractivity contribution in [1.29, 1.82) is 0 Å². The number of hydrogen-bond donors (Lipinski definition) is 1. The van der Waals surface area contributed by atoms with Gasteiger partial charge in [0.2, 0.25) is 0 Å². The van der Waals surface area contributed by atoms with Crippen LogP contribution in [0.5, 0.6) is 11.5 Å². The minimum Gasteiger partial charge on any atom is -0.457 e. The van der Waals surface area contributed by atoms with Crippen LogP contribution in [0.1, 0.15) is 13.3 Å². The van der Waals surface area contributed by atoms with E-state index in [1.165, 1.54) is 0 Å². The molecule has 0 bridgehead atoms. The van der Waals surface area contributed by atoms with E-state index < -0.39 is 0 Å². The van der Waals surface area contributed by atoms with Gasteiger partial charge in [0.1, 0.15) is 11.5 Å². The molecule has 5 nitrogen and oxygen atoms in total. The molecule has 1 saturated carbocycles. The summed E-state index contributed by atoms with van der Waals surface area (Å²) in [4.78, 5) is 23.4. The van der Waals surface area contributed by atoms with Gasteiger partial charge in [-0.1, -0.05) is 25.1 Å². The van der Waals surface area contributed by atoms with Crippen LogP contribution in [0.3, 0.4) is 0 Å². The number of nitrogens with one attached hydrogen (secondary N) is 1. The van der Waals surface area contributed by atoms with Gasteiger partial charge < -0.3 is 14.8 Å². The van der Waals surface area contributed by atoms with Crippen molar-refractivity contribution in [2.45, 2.75) is 13.3 Å². The summed E-state index contributed by atoms with van der Waals surface area (Å²) in [5.74, 6) is 1.12. The lowest BCUT2D eigenvalue weighted by Crippen LogP contribution is -2.21. The lowest BCUT2D eigenvalue weighted by molar-refractivity contribution is -0.148. The Morgan fingerprint density at radius 3 is 2.29 bits per heavy atom. The first-order valence-corrected chi connectivity index (χ1v) is 7.91. The van der Waals surface area contributed by atoms with E-state index >= 15 is 0 Å². The first-order chi connectivity index (χ1) is 11.6. The quantitative estimate of drug-likeness (QED) is 0.824. The highest BCUT2D eigenvalue weighted by molar-refractivity contribution is 5.93. The molecule has 3 rings (SSSR count). The zero-order valence-electron chi connectivity index (χ0n) is 13.4. The number of rotatable bonds is 6. The molecule has 2 atom stereocenters. The Morgan fingerprint density at radius 2 is 1.67 bits per heavy atom. The molecule has 1 N–H and O–H groups in total. The molecule has 2 aromatic rings. The third-order valence-corrected chi connectivity index (χ3v) is 3.87. The number of ether oxygens (including phenoxy) is 2. The molecular formula is C19H19NO4. The lowest BCUT2D eigenvalue weighted by Gasteiger charge is -2.08. The van der Waals surface area contributed by atoms with Crippen molar-refractivity contribution in [2.24, 2.45) is 11.8 Å². The molecular weight excluding hydrogens is 306 g/mol. The molecule has 0 unspecified atom stereocenters. The summed E-state index contributed by atoms with van der Waals surface area (Å²) in [5.41, 5.74) is 0.622. The molecule has 0 saturated heterocycles. The molecule has 0 aliphatic heterocycles. The van der Waals surface area contributed by atoms with E-state index in [4.69, 9.17) is 9.47 Å². The van der Waals surface area contributed by atoms with Crippen molar-refractivity contribution in [3.63, 3.8) is 0 Å². The molecule has 5 heteroatoms. The molecule has 1 fully saturated rings. The maximum absolute atomic E-state index is 11.8. The second kappa shape index (κ2) is 7.17. The van der Waals surface area contributed by atoms with E-state index in [9.17, 15) is 9.59 Å². The molecule has 0 spiro atoms. The van der Waals surface area contributed by atoms with E-state index in [2.05, 4.69) is 5.32 Å². The van der Waals surface area contributed by atoms with Gasteiger partial charge in [0.05, 0.1) is 5.92 Å². The average molecular weight is 325 g/mol. The van der Waals surface area contributed by atoms with E-state index in [1.807, 2.05) is 37.3 Å². The molecule has 1 aliphatic carbocycles. The van der Waals surface area contributed by atoms with Crippen LogP contribution in [0.15, 0.2) is 54.6 Å². The number of para-hydroxylation sites is 1. The van der Waals surface area contributed by atoms with Crippen LogP contribution in [0.4, 0.5) is 5.69 Å². The second-order valence-electron chi connectivity index (χ2n) is 5.91. The zero-order valence-corrected chi connectivity index (χ0v) is 13.4. The third kappa shape index (κ3) is 4.35. The summed E-state index contributed by atoms with van der Waals surface area (Å²) in [6, 6.07) is 16.4. The summed E-state index contributed by atoms with van der Waals surface area (Å²) >= 11 is 0. The zero-order chi connectivity index (χ0) is 16.9. The van der Waals surface area contributed by atoms with Crippen molar-refractivity contribution in [1.82, 2.24) is 0 Å². The predicted molar refractivity (Wildman–Crippen MR) is 89.8 cm³/mol. The van der Waals surface area contributed by atoms with Gasteiger partial charge in [-0.25, -0.2) is 0 Å². The molecule has 1 aliphatic rings. The fourth-order valence-electron chi connectivity index (χ4n) is 2.32. The highest BCUT2D eigenvalue weighted by atomic mass is 16.5. The molecule has 0 aromatic heterocycles. The van der Waals surface area contributed by atoms with Crippen LogP contribution in [0.25, 0.3) is 0 Å². The SMILES string of the molecule is C[C@@H]1C[C@H]1C(=O)OCC(=O)Nc1ccc(Oc2ccccc2)cc1. The van der Waals surface area contributed by atoms with Gasteiger partial charge in [-0.15, -0.1) is 0 Å².